The highest BCUT2D eigenvalue weighted by Crippen LogP contribution is 1.97. The molecule has 0 aromatic rings. The molecule has 0 aliphatic rings. The molecule has 0 rings (SSSR count). The summed E-state index contributed by atoms with van der Waals surface area (Å²) >= 11 is 3.17. The van der Waals surface area contributed by atoms with Gasteiger partial charge in [-0.2, -0.15) is 0 Å². The molecule has 0 heterocycles. The number of methoxy groups -OCH3 is 1. The summed E-state index contributed by atoms with van der Waals surface area (Å²) in [6.45, 7) is 4.23. The zero-order chi connectivity index (χ0) is 8.85. The van der Waals surface area contributed by atoms with E-state index in [9.17, 15) is 4.79 Å². The fourth-order valence-electron chi connectivity index (χ4n) is 0.649. The van der Waals surface area contributed by atoms with Crippen LogP contribution in [-0.4, -0.2) is 30.5 Å². The molecule has 0 aliphatic heterocycles. The van der Waals surface area contributed by atoms with Gasteiger partial charge in [0.1, 0.15) is 0 Å². The molecule has 66 valence electrons. The van der Waals surface area contributed by atoms with Crippen LogP contribution in [0.5, 0.6) is 0 Å². The van der Waals surface area contributed by atoms with Crippen molar-refractivity contribution < 1.29 is 9.53 Å². The summed E-state index contributed by atoms with van der Waals surface area (Å²) in [5.74, 6) is -0.00505. The fraction of sp³-hybridized carbons (Fsp3) is 0.857. The summed E-state index contributed by atoms with van der Waals surface area (Å²) in [5.41, 5.74) is 0. The Morgan fingerprint density at radius 2 is 2.18 bits per heavy atom. The second-order valence-electron chi connectivity index (χ2n) is 2.48. The van der Waals surface area contributed by atoms with Gasteiger partial charge in [0, 0.05) is 13.2 Å². The Morgan fingerprint density at radius 1 is 1.64 bits per heavy atom. The lowest BCUT2D eigenvalue weighted by atomic mass is 10.3. The highest BCUT2D eigenvalue weighted by atomic mass is 79.9. The van der Waals surface area contributed by atoms with E-state index in [1.807, 2.05) is 6.92 Å². The summed E-state index contributed by atoms with van der Waals surface area (Å²) in [6.07, 6.45) is 0. The van der Waals surface area contributed by atoms with Crippen molar-refractivity contribution >= 4 is 21.8 Å². The Balaban J connectivity index is 3.57. The number of rotatable bonds is 4. The van der Waals surface area contributed by atoms with Gasteiger partial charge in [-0.3, -0.25) is 4.79 Å². The van der Waals surface area contributed by atoms with Crippen molar-refractivity contribution in [3.63, 3.8) is 0 Å². The molecule has 11 heavy (non-hydrogen) atoms. The van der Waals surface area contributed by atoms with E-state index >= 15 is 0 Å². The number of ether oxygens (including phenoxy) is 1. The van der Waals surface area contributed by atoms with Gasteiger partial charge in [-0.15, -0.1) is 0 Å². The number of carbonyl (C=O) groups excluding carboxylic acids is 1. The van der Waals surface area contributed by atoms with E-state index in [1.54, 1.807) is 14.0 Å². The third-order valence-electron chi connectivity index (χ3n) is 1.17. The molecule has 4 heteroatoms. The number of hydrogen-bond acceptors (Lipinski definition) is 2. The molecule has 0 spiro atoms. The highest BCUT2D eigenvalue weighted by Gasteiger charge is 2.10. The third kappa shape index (κ3) is 5.21. The van der Waals surface area contributed by atoms with E-state index < -0.39 is 0 Å². The van der Waals surface area contributed by atoms with Crippen molar-refractivity contribution in [1.82, 2.24) is 5.32 Å². The number of alkyl halides is 1. The summed E-state index contributed by atoms with van der Waals surface area (Å²) in [6, 6.07) is 0.0764. The van der Waals surface area contributed by atoms with Crippen LogP contribution in [0.4, 0.5) is 0 Å². The van der Waals surface area contributed by atoms with E-state index in [0.717, 1.165) is 0 Å². The lowest BCUT2D eigenvalue weighted by Gasteiger charge is -2.13. The van der Waals surface area contributed by atoms with Crippen LogP contribution in [0.15, 0.2) is 0 Å². The van der Waals surface area contributed by atoms with Gasteiger partial charge in [0.25, 0.3) is 0 Å². The summed E-state index contributed by atoms with van der Waals surface area (Å²) in [7, 11) is 1.61. The Labute approximate surface area is 75.6 Å². The van der Waals surface area contributed by atoms with Gasteiger partial charge in [-0.25, -0.2) is 0 Å². The van der Waals surface area contributed by atoms with Crippen molar-refractivity contribution in [2.45, 2.75) is 24.7 Å². The first-order valence-electron chi connectivity index (χ1n) is 3.51. The molecule has 0 aliphatic carbocycles. The van der Waals surface area contributed by atoms with Crippen LogP contribution >= 0.6 is 15.9 Å². The predicted octanol–water partition coefficient (Wildman–Crippen LogP) is 0.921. The Bertz CT molecular complexity index is 128. The van der Waals surface area contributed by atoms with Crippen LogP contribution in [0, 0.1) is 0 Å². The molecule has 0 aromatic heterocycles. The van der Waals surface area contributed by atoms with Crippen molar-refractivity contribution in [3.8, 4) is 0 Å². The molecule has 1 amide bonds. The largest absolute Gasteiger partial charge is 0.383 e. The minimum absolute atomic E-state index is 0.00505. The second kappa shape index (κ2) is 5.55. The van der Waals surface area contributed by atoms with Gasteiger partial charge in [0.2, 0.25) is 5.91 Å². The Kier molecular flexibility index (Phi) is 5.50. The molecule has 0 aromatic carbocycles. The quantitative estimate of drug-likeness (QED) is 0.721. The topological polar surface area (TPSA) is 38.3 Å². The van der Waals surface area contributed by atoms with Crippen LogP contribution < -0.4 is 5.32 Å². The molecule has 0 fully saturated rings. The minimum atomic E-state index is -0.137. The zero-order valence-electron chi connectivity index (χ0n) is 7.06. The monoisotopic (exact) mass is 223 g/mol. The normalized spacial score (nSPS) is 15.6. The molecule has 0 saturated carbocycles. The van der Waals surface area contributed by atoms with Crippen LogP contribution in [-0.2, 0) is 9.53 Å². The Hall–Kier alpha value is -0.0900. The smallest absolute Gasteiger partial charge is 0.233 e. The average Bonchev–Trinajstić information content (AvgIpc) is 1.87. The van der Waals surface area contributed by atoms with E-state index in [2.05, 4.69) is 21.2 Å². The Morgan fingerprint density at radius 3 is 2.55 bits per heavy atom. The van der Waals surface area contributed by atoms with E-state index in [4.69, 9.17) is 4.74 Å². The SMILES string of the molecule is COCC(C)NC(=O)C(C)Br. The molecule has 2 atom stereocenters. The van der Waals surface area contributed by atoms with Gasteiger partial charge < -0.3 is 10.1 Å². The number of hydrogen-bond donors (Lipinski definition) is 1. The molecular weight excluding hydrogens is 210 g/mol. The number of carbonyl (C=O) groups is 1. The molecule has 3 nitrogen and oxygen atoms in total. The lowest BCUT2D eigenvalue weighted by Crippen LogP contribution is -2.39. The van der Waals surface area contributed by atoms with E-state index in [1.165, 1.54) is 0 Å². The highest BCUT2D eigenvalue weighted by molar-refractivity contribution is 9.10. The van der Waals surface area contributed by atoms with Gasteiger partial charge >= 0.3 is 0 Å². The van der Waals surface area contributed by atoms with Crippen molar-refractivity contribution in [2.24, 2.45) is 0 Å². The molecule has 0 radical (unpaired) electrons. The third-order valence-corrected chi connectivity index (χ3v) is 1.58. The molecule has 2 unspecified atom stereocenters. The maximum Gasteiger partial charge on any atom is 0.233 e. The zero-order valence-corrected chi connectivity index (χ0v) is 8.64. The van der Waals surface area contributed by atoms with Crippen LogP contribution in [0.2, 0.25) is 0 Å². The number of halogens is 1. The predicted molar refractivity (Wildman–Crippen MR) is 47.9 cm³/mol. The summed E-state index contributed by atoms with van der Waals surface area (Å²) < 4.78 is 4.85. The molecule has 0 bridgehead atoms. The number of nitrogens with one attached hydrogen (secondary N) is 1. The maximum atomic E-state index is 11.0. The maximum absolute atomic E-state index is 11.0. The van der Waals surface area contributed by atoms with Crippen molar-refractivity contribution in [3.05, 3.63) is 0 Å². The van der Waals surface area contributed by atoms with Gasteiger partial charge in [-0.05, 0) is 13.8 Å². The lowest BCUT2D eigenvalue weighted by molar-refractivity contribution is -0.121. The van der Waals surface area contributed by atoms with Gasteiger partial charge in [-0.1, -0.05) is 15.9 Å². The van der Waals surface area contributed by atoms with Gasteiger partial charge in [0.15, 0.2) is 0 Å². The molecule has 0 saturated heterocycles. The van der Waals surface area contributed by atoms with Crippen LogP contribution in [0.1, 0.15) is 13.8 Å². The van der Waals surface area contributed by atoms with Crippen molar-refractivity contribution in [1.29, 1.82) is 0 Å². The van der Waals surface area contributed by atoms with E-state index in [-0.39, 0.29) is 16.8 Å². The van der Waals surface area contributed by atoms with Gasteiger partial charge in [0.05, 0.1) is 11.4 Å². The van der Waals surface area contributed by atoms with E-state index in [0.29, 0.717) is 6.61 Å². The summed E-state index contributed by atoms with van der Waals surface area (Å²) in [5, 5.41) is 2.77. The average molecular weight is 224 g/mol. The summed E-state index contributed by atoms with van der Waals surface area (Å²) in [4.78, 5) is 10.9. The first kappa shape index (κ1) is 10.9. The van der Waals surface area contributed by atoms with Crippen molar-refractivity contribution in [2.75, 3.05) is 13.7 Å². The first-order chi connectivity index (χ1) is 5.07. The van der Waals surface area contributed by atoms with Crippen LogP contribution in [0.3, 0.4) is 0 Å². The molecular formula is C7H14BrNO2. The second-order valence-corrected chi connectivity index (χ2v) is 3.85. The molecule has 1 N–H and O–H groups in total. The number of amides is 1. The first-order valence-corrected chi connectivity index (χ1v) is 4.43. The minimum Gasteiger partial charge on any atom is -0.383 e. The van der Waals surface area contributed by atoms with Crippen LogP contribution in [0.25, 0.3) is 0 Å². The fourth-order valence-corrected chi connectivity index (χ4v) is 0.782. The standard InChI is InChI=1S/C7H14BrNO2/c1-5(4-11-3)9-7(10)6(2)8/h5-6H,4H2,1-3H3,(H,9,10).